The van der Waals surface area contributed by atoms with E-state index < -0.39 is 5.97 Å². The monoisotopic (exact) mass is 332 g/mol. The average Bonchev–Trinajstić information content (AvgIpc) is 2.55. The third-order valence-electron chi connectivity index (χ3n) is 4.23. The summed E-state index contributed by atoms with van der Waals surface area (Å²) in [6.07, 6.45) is 4.42. The van der Waals surface area contributed by atoms with Gasteiger partial charge in [0.25, 0.3) is 5.91 Å². The van der Waals surface area contributed by atoms with E-state index in [2.05, 4.69) is 17.6 Å². The molecule has 0 heterocycles. The van der Waals surface area contributed by atoms with Crippen LogP contribution in [0, 0.1) is 5.92 Å². The van der Waals surface area contributed by atoms with Gasteiger partial charge in [-0.25, -0.2) is 4.79 Å². The van der Waals surface area contributed by atoms with Gasteiger partial charge >= 0.3 is 5.97 Å². The van der Waals surface area contributed by atoms with Gasteiger partial charge in [-0.2, -0.15) is 0 Å². The summed E-state index contributed by atoms with van der Waals surface area (Å²) in [7, 11) is 0. The molecule has 1 aromatic rings. The number of benzene rings is 1. The van der Waals surface area contributed by atoms with E-state index in [1.165, 1.54) is 13.3 Å². The minimum Gasteiger partial charge on any atom is -0.452 e. The highest BCUT2D eigenvalue weighted by atomic mass is 16.5. The fourth-order valence-corrected chi connectivity index (χ4v) is 2.89. The van der Waals surface area contributed by atoms with Gasteiger partial charge in [0.05, 0.1) is 5.56 Å². The first-order valence-electron chi connectivity index (χ1n) is 8.30. The fraction of sp³-hybridized carbons (Fsp3) is 0.500. The molecule has 2 unspecified atom stereocenters. The molecular formula is C18H24N2O4. The Balaban J connectivity index is 1.79. The molecule has 130 valence electrons. The molecule has 6 heteroatoms. The first-order valence-corrected chi connectivity index (χ1v) is 8.30. The van der Waals surface area contributed by atoms with Crippen molar-refractivity contribution >= 4 is 23.5 Å². The summed E-state index contributed by atoms with van der Waals surface area (Å²) in [5, 5.41) is 5.56. The summed E-state index contributed by atoms with van der Waals surface area (Å²) in [5.74, 6) is -0.549. The standard InChI is InChI=1S/C18H24N2O4/c1-12-5-3-4-6-16(12)20-17(22)11-24-18(23)14-7-9-15(10-8-14)19-13(2)21/h7-10,12,16H,3-6,11H2,1-2H3,(H,19,21)(H,20,22). The van der Waals surface area contributed by atoms with Crippen molar-refractivity contribution in [2.45, 2.75) is 45.6 Å². The van der Waals surface area contributed by atoms with Gasteiger partial charge in [0.1, 0.15) is 0 Å². The fourth-order valence-electron chi connectivity index (χ4n) is 2.89. The summed E-state index contributed by atoms with van der Waals surface area (Å²) >= 11 is 0. The predicted molar refractivity (Wildman–Crippen MR) is 90.6 cm³/mol. The van der Waals surface area contributed by atoms with E-state index in [1.807, 2.05) is 0 Å². The van der Waals surface area contributed by atoms with Crippen LogP contribution in [-0.4, -0.2) is 30.4 Å². The Kier molecular flexibility index (Phi) is 6.35. The molecule has 0 aliphatic heterocycles. The first kappa shape index (κ1) is 18.0. The minimum atomic E-state index is -0.559. The van der Waals surface area contributed by atoms with Crippen LogP contribution < -0.4 is 10.6 Å². The predicted octanol–water partition coefficient (Wildman–Crippen LogP) is 2.50. The van der Waals surface area contributed by atoms with Crippen LogP contribution in [0.2, 0.25) is 0 Å². The molecule has 0 spiro atoms. The number of ether oxygens (including phenoxy) is 1. The van der Waals surface area contributed by atoms with Crippen LogP contribution in [0.25, 0.3) is 0 Å². The molecule has 2 N–H and O–H groups in total. The highest BCUT2D eigenvalue weighted by Gasteiger charge is 2.23. The summed E-state index contributed by atoms with van der Waals surface area (Å²) in [6.45, 7) is 3.26. The van der Waals surface area contributed by atoms with E-state index in [-0.39, 0.29) is 24.5 Å². The Bertz CT molecular complexity index is 598. The summed E-state index contributed by atoms with van der Waals surface area (Å²) in [6, 6.07) is 6.49. The van der Waals surface area contributed by atoms with Crippen LogP contribution >= 0.6 is 0 Å². The zero-order valence-electron chi connectivity index (χ0n) is 14.1. The number of amides is 2. The largest absolute Gasteiger partial charge is 0.452 e. The Morgan fingerprint density at radius 2 is 1.79 bits per heavy atom. The van der Waals surface area contributed by atoms with Gasteiger partial charge in [0.2, 0.25) is 5.91 Å². The van der Waals surface area contributed by atoms with E-state index >= 15 is 0 Å². The van der Waals surface area contributed by atoms with Gasteiger partial charge in [0.15, 0.2) is 6.61 Å². The maximum absolute atomic E-state index is 11.9. The molecule has 1 aromatic carbocycles. The zero-order valence-corrected chi connectivity index (χ0v) is 14.1. The minimum absolute atomic E-state index is 0.168. The van der Waals surface area contributed by atoms with Crippen molar-refractivity contribution in [3.63, 3.8) is 0 Å². The van der Waals surface area contributed by atoms with E-state index in [9.17, 15) is 14.4 Å². The Hall–Kier alpha value is -2.37. The van der Waals surface area contributed by atoms with Gasteiger partial charge in [0, 0.05) is 18.7 Å². The van der Waals surface area contributed by atoms with Crippen molar-refractivity contribution in [1.29, 1.82) is 0 Å². The summed E-state index contributed by atoms with van der Waals surface area (Å²) < 4.78 is 5.05. The highest BCUT2D eigenvalue weighted by Crippen LogP contribution is 2.23. The molecule has 1 aliphatic rings. The number of rotatable bonds is 5. The first-order chi connectivity index (χ1) is 11.5. The van der Waals surface area contributed by atoms with E-state index in [0.717, 1.165) is 19.3 Å². The third kappa shape index (κ3) is 5.37. The van der Waals surface area contributed by atoms with Crippen molar-refractivity contribution in [2.75, 3.05) is 11.9 Å². The van der Waals surface area contributed by atoms with Crippen molar-refractivity contribution in [3.8, 4) is 0 Å². The van der Waals surface area contributed by atoms with Crippen molar-refractivity contribution in [2.24, 2.45) is 5.92 Å². The van der Waals surface area contributed by atoms with Gasteiger partial charge in [-0.05, 0) is 43.0 Å². The normalized spacial score (nSPS) is 20.1. The van der Waals surface area contributed by atoms with Gasteiger partial charge in [-0.15, -0.1) is 0 Å². The molecule has 0 saturated heterocycles. The zero-order chi connectivity index (χ0) is 17.5. The van der Waals surface area contributed by atoms with Crippen molar-refractivity contribution in [1.82, 2.24) is 5.32 Å². The van der Waals surface area contributed by atoms with Crippen molar-refractivity contribution < 1.29 is 19.1 Å². The number of hydrogen-bond acceptors (Lipinski definition) is 4. The van der Waals surface area contributed by atoms with Crippen LogP contribution in [0.15, 0.2) is 24.3 Å². The molecule has 2 atom stereocenters. The Morgan fingerprint density at radius 1 is 1.12 bits per heavy atom. The second kappa shape index (κ2) is 8.47. The summed E-state index contributed by atoms with van der Waals surface area (Å²) in [4.78, 5) is 34.8. The molecule has 0 aromatic heterocycles. The molecular weight excluding hydrogens is 308 g/mol. The molecule has 1 fully saturated rings. The molecule has 1 aliphatic carbocycles. The Labute approximate surface area is 142 Å². The topological polar surface area (TPSA) is 84.5 Å². The number of hydrogen-bond donors (Lipinski definition) is 2. The smallest absolute Gasteiger partial charge is 0.338 e. The lowest BCUT2D eigenvalue weighted by Crippen LogP contribution is -2.42. The Morgan fingerprint density at radius 3 is 2.42 bits per heavy atom. The molecule has 1 saturated carbocycles. The molecule has 6 nitrogen and oxygen atoms in total. The second-order valence-electron chi connectivity index (χ2n) is 6.27. The van der Waals surface area contributed by atoms with Crippen LogP contribution in [0.4, 0.5) is 5.69 Å². The van der Waals surface area contributed by atoms with Crippen LogP contribution in [0.1, 0.15) is 49.9 Å². The maximum Gasteiger partial charge on any atom is 0.338 e. The molecule has 24 heavy (non-hydrogen) atoms. The van der Waals surface area contributed by atoms with Crippen LogP contribution in [0.3, 0.4) is 0 Å². The lowest BCUT2D eigenvalue weighted by Gasteiger charge is -2.29. The summed E-state index contributed by atoms with van der Waals surface area (Å²) in [5.41, 5.74) is 0.936. The van der Waals surface area contributed by atoms with Crippen LogP contribution in [0.5, 0.6) is 0 Å². The maximum atomic E-state index is 11.9. The van der Waals surface area contributed by atoms with E-state index in [0.29, 0.717) is 17.2 Å². The number of carbonyl (C=O) groups is 3. The number of esters is 1. The van der Waals surface area contributed by atoms with Crippen LogP contribution in [-0.2, 0) is 14.3 Å². The van der Waals surface area contributed by atoms with E-state index in [4.69, 9.17) is 4.74 Å². The molecule has 2 amide bonds. The van der Waals surface area contributed by atoms with Gasteiger partial charge in [-0.3, -0.25) is 9.59 Å². The van der Waals surface area contributed by atoms with Gasteiger partial charge in [-0.1, -0.05) is 19.8 Å². The van der Waals surface area contributed by atoms with Crippen molar-refractivity contribution in [3.05, 3.63) is 29.8 Å². The SMILES string of the molecule is CC(=O)Nc1ccc(C(=O)OCC(=O)NC2CCCCC2C)cc1. The quantitative estimate of drug-likeness (QED) is 0.811. The molecule has 2 rings (SSSR count). The number of anilines is 1. The highest BCUT2D eigenvalue weighted by molar-refractivity contribution is 5.93. The second-order valence-corrected chi connectivity index (χ2v) is 6.27. The molecule has 0 bridgehead atoms. The third-order valence-corrected chi connectivity index (χ3v) is 4.23. The average molecular weight is 332 g/mol. The lowest BCUT2D eigenvalue weighted by atomic mass is 9.86. The van der Waals surface area contributed by atoms with E-state index in [1.54, 1.807) is 24.3 Å². The molecule has 0 radical (unpaired) electrons. The van der Waals surface area contributed by atoms with Gasteiger partial charge < -0.3 is 15.4 Å². The number of carbonyl (C=O) groups excluding carboxylic acids is 3. The number of nitrogens with one attached hydrogen (secondary N) is 2. The lowest BCUT2D eigenvalue weighted by molar-refractivity contribution is -0.125.